The number of rotatable bonds is 4. The summed E-state index contributed by atoms with van der Waals surface area (Å²) in [6.07, 6.45) is 0. The third kappa shape index (κ3) is 3.01. The largest absolute Gasteiger partial charge is 0.494 e. The molecule has 1 aromatic rings. The second-order valence-corrected chi connectivity index (χ2v) is 2.68. The van der Waals surface area contributed by atoms with E-state index in [1.165, 1.54) is 19.2 Å². The van der Waals surface area contributed by atoms with Gasteiger partial charge in [-0.1, -0.05) is 5.18 Å². The molecule has 5 nitrogen and oxygen atoms in total. The Morgan fingerprint density at radius 2 is 2.33 bits per heavy atom. The van der Waals surface area contributed by atoms with Gasteiger partial charge in [0.2, 0.25) is 5.91 Å². The number of carbonyl (C=O) groups excluding carboxylic acids is 1. The van der Waals surface area contributed by atoms with E-state index in [1.54, 1.807) is 0 Å². The van der Waals surface area contributed by atoms with Crippen molar-refractivity contribution in [1.29, 1.82) is 0 Å². The van der Waals surface area contributed by atoms with E-state index >= 15 is 0 Å². The smallest absolute Gasteiger partial charge is 0.249 e. The van der Waals surface area contributed by atoms with Gasteiger partial charge in [-0.3, -0.25) is 4.79 Å². The Hall–Kier alpha value is -1.98. The molecule has 0 fully saturated rings. The SMILES string of the molecule is COc1cc(NC(=O)CN=O)ccc1F. The van der Waals surface area contributed by atoms with E-state index in [2.05, 4.69) is 10.5 Å². The molecule has 0 aliphatic rings. The van der Waals surface area contributed by atoms with Crippen molar-refractivity contribution in [1.82, 2.24) is 0 Å². The molecule has 0 aliphatic carbocycles. The van der Waals surface area contributed by atoms with Gasteiger partial charge in [0.05, 0.1) is 7.11 Å². The van der Waals surface area contributed by atoms with Crippen LogP contribution < -0.4 is 10.1 Å². The summed E-state index contributed by atoms with van der Waals surface area (Å²) in [7, 11) is 1.32. The van der Waals surface area contributed by atoms with E-state index in [1.807, 2.05) is 0 Å². The van der Waals surface area contributed by atoms with E-state index in [0.29, 0.717) is 5.69 Å². The molecular formula is C9H9FN2O3. The first-order valence-corrected chi connectivity index (χ1v) is 4.10. The summed E-state index contributed by atoms with van der Waals surface area (Å²) >= 11 is 0. The molecule has 1 N–H and O–H groups in total. The van der Waals surface area contributed by atoms with Gasteiger partial charge < -0.3 is 10.1 Å². The third-order valence-corrected chi connectivity index (χ3v) is 1.64. The summed E-state index contributed by atoms with van der Waals surface area (Å²) in [6, 6.07) is 3.83. The minimum Gasteiger partial charge on any atom is -0.494 e. The quantitative estimate of drug-likeness (QED) is 0.769. The van der Waals surface area contributed by atoms with E-state index < -0.39 is 18.3 Å². The maximum Gasteiger partial charge on any atom is 0.249 e. The van der Waals surface area contributed by atoms with Gasteiger partial charge in [-0.25, -0.2) is 4.39 Å². The van der Waals surface area contributed by atoms with Gasteiger partial charge in [0.1, 0.15) is 0 Å². The van der Waals surface area contributed by atoms with Crippen LogP contribution in [0.25, 0.3) is 0 Å². The van der Waals surface area contributed by atoms with Crippen molar-refractivity contribution >= 4 is 11.6 Å². The number of nitrogens with one attached hydrogen (secondary N) is 1. The van der Waals surface area contributed by atoms with Crippen molar-refractivity contribution in [2.24, 2.45) is 5.18 Å². The Labute approximate surface area is 85.2 Å². The summed E-state index contributed by atoms with van der Waals surface area (Å²) in [5.41, 5.74) is 0.349. The molecule has 0 atom stereocenters. The first-order valence-electron chi connectivity index (χ1n) is 4.10. The lowest BCUT2D eigenvalue weighted by Crippen LogP contribution is -2.14. The van der Waals surface area contributed by atoms with Crippen molar-refractivity contribution in [2.45, 2.75) is 0 Å². The Kier molecular flexibility index (Phi) is 3.73. The number of nitrogens with zero attached hydrogens (tertiary/aromatic N) is 1. The van der Waals surface area contributed by atoms with Crippen LogP contribution in [0.5, 0.6) is 5.75 Å². The summed E-state index contributed by atoms with van der Waals surface area (Å²) in [5.74, 6) is -1.06. The fourth-order valence-corrected chi connectivity index (χ4v) is 0.997. The van der Waals surface area contributed by atoms with Crippen LogP contribution in [0, 0.1) is 10.7 Å². The van der Waals surface area contributed by atoms with Gasteiger partial charge in [0, 0.05) is 11.8 Å². The van der Waals surface area contributed by atoms with Crippen LogP contribution in [0.1, 0.15) is 0 Å². The number of carbonyl (C=O) groups is 1. The highest BCUT2D eigenvalue weighted by Crippen LogP contribution is 2.21. The van der Waals surface area contributed by atoms with Crippen LogP contribution in [-0.2, 0) is 4.79 Å². The summed E-state index contributed by atoms with van der Waals surface area (Å²) in [5, 5.41) is 4.79. The number of halogens is 1. The second-order valence-electron chi connectivity index (χ2n) is 2.68. The molecule has 0 saturated heterocycles. The average Bonchev–Trinajstić information content (AvgIpc) is 2.21. The first-order chi connectivity index (χ1) is 7.17. The number of ether oxygens (including phenoxy) is 1. The third-order valence-electron chi connectivity index (χ3n) is 1.64. The zero-order valence-corrected chi connectivity index (χ0v) is 7.99. The van der Waals surface area contributed by atoms with Crippen LogP contribution in [0.4, 0.5) is 10.1 Å². The average molecular weight is 212 g/mol. The van der Waals surface area contributed by atoms with Crippen molar-refractivity contribution < 1.29 is 13.9 Å². The molecule has 0 bridgehead atoms. The lowest BCUT2D eigenvalue weighted by molar-refractivity contribution is -0.114. The van der Waals surface area contributed by atoms with Gasteiger partial charge in [-0.05, 0) is 12.1 Å². The van der Waals surface area contributed by atoms with Gasteiger partial charge in [0.25, 0.3) is 0 Å². The number of nitroso groups, excluding NO2 is 1. The van der Waals surface area contributed by atoms with E-state index in [9.17, 15) is 14.1 Å². The minimum absolute atomic E-state index is 0.0202. The highest BCUT2D eigenvalue weighted by atomic mass is 19.1. The van der Waals surface area contributed by atoms with Crippen LogP contribution >= 0.6 is 0 Å². The fraction of sp³-hybridized carbons (Fsp3) is 0.222. The molecule has 0 aromatic heterocycles. The molecule has 15 heavy (non-hydrogen) atoms. The normalized spacial score (nSPS) is 9.47. The van der Waals surface area contributed by atoms with Gasteiger partial charge in [-0.2, -0.15) is 4.91 Å². The summed E-state index contributed by atoms with van der Waals surface area (Å²) in [4.78, 5) is 20.7. The lowest BCUT2D eigenvalue weighted by atomic mass is 10.3. The van der Waals surface area contributed by atoms with Crippen LogP contribution in [0.3, 0.4) is 0 Å². The topological polar surface area (TPSA) is 67.8 Å². The highest BCUT2D eigenvalue weighted by molar-refractivity contribution is 5.92. The molecule has 0 aliphatic heterocycles. The summed E-state index contributed by atoms with van der Waals surface area (Å²) in [6.45, 7) is -0.473. The molecular weight excluding hydrogens is 203 g/mol. The number of hydrogen-bond acceptors (Lipinski definition) is 4. The molecule has 1 amide bonds. The first kappa shape index (κ1) is 11.1. The maximum atomic E-state index is 12.9. The number of methoxy groups -OCH3 is 1. The molecule has 0 spiro atoms. The molecule has 0 radical (unpaired) electrons. The second kappa shape index (κ2) is 5.04. The van der Waals surface area contributed by atoms with Crippen LogP contribution in [0.2, 0.25) is 0 Å². The van der Waals surface area contributed by atoms with E-state index in [-0.39, 0.29) is 5.75 Å². The number of hydrogen-bond donors (Lipinski definition) is 1. The van der Waals surface area contributed by atoms with Crippen molar-refractivity contribution in [3.63, 3.8) is 0 Å². The number of amides is 1. The Balaban J connectivity index is 2.78. The molecule has 80 valence electrons. The van der Waals surface area contributed by atoms with Gasteiger partial charge in [-0.15, -0.1) is 0 Å². The molecule has 0 heterocycles. The molecule has 1 rings (SSSR count). The van der Waals surface area contributed by atoms with Gasteiger partial charge >= 0.3 is 0 Å². The predicted molar refractivity (Wildman–Crippen MR) is 52.2 cm³/mol. The zero-order chi connectivity index (χ0) is 11.3. The molecule has 0 saturated carbocycles. The molecule has 6 heteroatoms. The van der Waals surface area contributed by atoms with Crippen molar-refractivity contribution in [3.8, 4) is 5.75 Å². The Morgan fingerprint density at radius 3 is 2.93 bits per heavy atom. The number of benzene rings is 1. The van der Waals surface area contributed by atoms with Crippen molar-refractivity contribution in [3.05, 3.63) is 28.9 Å². The summed E-state index contributed by atoms with van der Waals surface area (Å²) < 4.78 is 17.7. The van der Waals surface area contributed by atoms with Crippen LogP contribution in [0.15, 0.2) is 23.4 Å². The standard InChI is InChI=1S/C9H9FN2O3/c1-15-8-4-6(2-3-7(8)10)12-9(13)5-11-14/h2-4H,5H2,1H3,(H,12,13). The maximum absolute atomic E-state index is 12.9. The highest BCUT2D eigenvalue weighted by Gasteiger charge is 2.06. The monoisotopic (exact) mass is 212 g/mol. The fourth-order valence-electron chi connectivity index (χ4n) is 0.997. The van der Waals surface area contributed by atoms with E-state index in [0.717, 1.165) is 6.07 Å². The Bertz CT molecular complexity index is 382. The minimum atomic E-state index is -0.557. The van der Waals surface area contributed by atoms with E-state index in [4.69, 9.17) is 4.74 Å². The molecule has 0 unspecified atom stereocenters. The molecule has 1 aromatic carbocycles. The van der Waals surface area contributed by atoms with Crippen molar-refractivity contribution in [2.75, 3.05) is 19.0 Å². The number of anilines is 1. The zero-order valence-electron chi connectivity index (χ0n) is 7.99. The lowest BCUT2D eigenvalue weighted by Gasteiger charge is -2.06. The Morgan fingerprint density at radius 1 is 1.60 bits per heavy atom. The van der Waals surface area contributed by atoms with Crippen LogP contribution in [-0.4, -0.2) is 19.6 Å². The predicted octanol–water partition coefficient (Wildman–Crippen LogP) is 1.54. The van der Waals surface area contributed by atoms with Gasteiger partial charge in [0.15, 0.2) is 18.1 Å².